The van der Waals surface area contributed by atoms with E-state index in [0.717, 1.165) is 21.2 Å². The maximum atomic E-state index is 12.8. The molecule has 0 saturated carbocycles. The number of benzene rings is 2. The molecule has 0 aliphatic heterocycles. The number of aryl methyl sites for hydroxylation is 1. The first-order valence-electron chi connectivity index (χ1n) is 8.33. The minimum Gasteiger partial charge on any atom is -0.306 e. The quantitative estimate of drug-likeness (QED) is 0.426. The Balaban J connectivity index is 1.83. The van der Waals surface area contributed by atoms with Gasteiger partial charge in [-0.3, -0.25) is 9.20 Å². The van der Waals surface area contributed by atoms with Crippen molar-refractivity contribution in [3.05, 3.63) is 87.5 Å². The average molecular weight is 441 g/mol. The lowest BCUT2D eigenvalue weighted by Crippen LogP contribution is -2.14. The zero-order valence-corrected chi connectivity index (χ0v) is 16.8. The summed E-state index contributed by atoms with van der Waals surface area (Å²) in [4.78, 5) is 17.5. The topological polar surface area (TPSA) is 46.4 Å². The molecule has 0 aliphatic carbocycles. The molecule has 4 aromatic rings. The lowest BCUT2D eigenvalue weighted by atomic mass is 10.1. The number of imidazole rings is 1. The van der Waals surface area contributed by atoms with Crippen molar-refractivity contribution in [2.24, 2.45) is 0 Å². The van der Waals surface area contributed by atoms with Gasteiger partial charge in [0.2, 0.25) is 0 Å². The summed E-state index contributed by atoms with van der Waals surface area (Å²) in [6, 6.07) is 18.6. The first-order chi connectivity index (χ1) is 13.0. The number of fused-ring (bicyclic) bond motifs is 1. The third-order valence-corrected chi connectivity index (χ3v) is 4.98. The number of carbonyl (C=O) groups is 1. The second-order valence-electron chi connectivity index (χ2n) is 6.21. The predicted octanol–water partition coefficient (Wildman–Crippen LogP) is 5.98. The number of rotatable bonds is 3. The lowest BCUT2D eigenvalue weighted by molar-refractivity contribution is 0.102. The molecule has 0 aliphatic rings. The van der Waals surface area contributed by atoms with Crippen molar-refractivity contribution in [1.29, 1.82) is 0 Å². The largest absolute Gasteiger partial charge is 0.306 e. The molecule has 1 N–H and O–H groups in total. The smallest absolute Gasteiger partial charge is 0.256 e. The number of hydrogen-bond acceptors (Lipinski definition) is 2. The van der Waals surface area contributed by atoms with E-state index in [-0.39, 0.29) is 5.91 Å². The van der Waals surface area contributed by atoms with E-state index in [2.05, 4.69) is 21.2 Å². The summed E-state index contributed by atoms with van der Waals surface area (Å²) >= 11 is 9.55. The lowest BCUT2D eigenvalue weighted by Gasteiger charge is -2.08. The molecule has 134 valence electrons. The number of anilines is 1. The van der Waals surface area contributed by atoms with E-state index in [1.54, 1.807) is 12.1 Å². The zero-order chi connectivity index (χ0) is 19.0. The number of halogens is 2. The van der Waals surface area contributed by atoms with E-state index in [0.29, 0.717) is 22.1 Å². The summed E-state index contributed by atoms with van der Waals surface area (Å²) in [6.45, 7) is 2.01. The molecule has 6 heteroatoms. The number of nitrogens with zero attached hydrogens (tertiary/aromatic N) is 2. The van der Waals surface area contributed by atoms with Crippen molar-refractivity contribution in [3.8, 4) is 11.3 Å². The molecule has 4 rings (SSSR count). The van der Waals surface area contributed by atoms with E-state index in [4.69, 9.17) is 16.6 Å². The fourth-order valence-electron chi connectivity index (χ4n) is 2.88. The van der Waals surface area contributed by atoms with Gasteiger partial charge in [-0.1, -0.05) is 39.7 Å². The normalized spacial score (nSPS) is 10.9. The van der Waals surface area contributed by atoms with Crippen LogP contribution in [0, 0.1) is 6.92 Å². The molecule has 2 heterocycles. The summed E-state index contributed by atoms with van der Waals surface area (Å²) in [5, 5.41) is 3.63. The number of amides is 1. The molecular weight excluding hydrogens is 426 g/mol. The number of carbonyl (C=O) groups excluding carboxylic acids is 1. The summed E-state index contributed by atoms with van der Waals surface area (Å²) in [7, 11) is 0. The van der Waals surface area contributed by atoms with Crippen LogP contribution in [0.3, 0.4) is 0 Å². The fraction of sp³-hybridized carbons (Fsp3) is 0.0476. The maximum Gasteiger partial charge on any atom is 0.256 e. The van der Waals surface area contributed by atoms with Gasteiger partial charge in [0.05, 0.1) is 0 Å². The van der Waals surface area contributed by atoms with Gasteiger partial charge in [0.15, 0.2) is 0 Å². The molecule has 0 saturated heterocycles. The Labute approximate surface area is 169 Å². The monoisotopic (exact) mass is 439 g/mol. The minimum atomic E-state index is -0.201. The number of nitrogens with one attached hydrogen (secondary N) is 1. The van der Waals surface area contributed by atoms with E-state index in [9.17, 15) is 4.79 Å². The van der Waals surface area contributed by atoms with Crippen LogP contribution >= 0.6 is 27.5 Å². The maximum absolute atomic E-state index is 12.8. The van der Waals surface area contributed by atoms with Crippen LogP contribution < -0.4 is 5.32 Å². The van der Waals surface area contributed by atoms with E-state index >= 15 is 0 Å². The highest BCUT2D eigenvalue weighted by Crippen LogP contribution is 2.31. The summed E-state index contributed by atoms with van der Waals surface area (Å²) in [5.74, 6) is 0.410. The van der Waals surface area contributed by atoms with Crippen LogP contribution in [0.1, 0.15) is 15.9 Å². The first kappa shape index (κ1) is 17.8. The Kier molecular flexibility index (Phi) is 4.72. The molecule has 0 bridgehead atoms. The van der Waals surface area contributed by atoms with Gasteiger partial charge in [0, 0.05) is 26.8 Å². The van der Waals surface area contributed by atoms with Gasteiger partial charge in [-0.15, -0.1) is 0 Å². The standard InChI is InChI=1S/C21H15BrClN3O/c1-13-9-10-26-18(11-13)24-19(15-3-2-4-17(23)12-15)20(26)25-21(27)14-5-7-16(22)8-6-14/h2-12H,1H3,(H,25,27). The second kappa shape index (κ2) is 7.18. The van der Waals surface area contributed by atoms with Crippen LogP contribution in [0.2, 0.25) is 5.02 Å². The van der Waals surface area contributed by atoms with Crippen molar-refractivity contribution < 1.29 is 4.79 Å². The van der Waals surface area contributed by atoms with Crippen molar-refractivity contribution in [2.75, 3.05) is 5.32 Å². The van der Waals surface area contributed by atoms with Crippen molar-refractivity contribution in [2.45, 2.75) is 6.92 Å². The van der Waals surface area contributed by atoms with Crippen LogP contribution in [0.15, 0.2) is 71.3 Å². The molecular formula is C21H15BrClN3O. The summed E-state index contributed by atoms with van der Waals surface area (Å²) in [6.07, 6.45) is 1.91. The fourth-order valence-corrected chi connectivity index (χ4v) is 3.34. The summed E-state index contributed by atoms with van der Waals surface area (Å²) in [5.41, 5.74) is 3.94. The van der Waals surface area contributed by atoms with Gasteiger partial charge in [0.1, 0.15) is 17.2 Å². The molecule has 4 nitrogen and oxygen atoms in total. The van der Waals surface area contributed by atoms with Crippen molar-refractivity contribution in [3.63, 3.8) is 0 Å². The van der Waals surface area contributed by atoms with Gasteiger partial charge in [-0.25, -0.2) is 4.98 Å². The van der Waals surface area contributed by atoms with Crippen molar-refractivity contribution in [1.82, 2.24) is 9.38 Å². The molecule has 1 amide bonds. The minimum absolute atomic E-state index is 0.201. The molecule has 0 fully saturated rings. The Morgan fingerprint density at radius 3 is 2.63 bits per heavy atom. The van der Waals surface area contributed by atoms with E-state index in [1.807, 2.05) is 66.1 Å². The van der Waals surface area contributed by atoms with Gasteiger partial charge < -0.3 is 5.32 Å². The Morgan fingerprint density at radius 2 is 1.89 bits per heavy atom. The Morgan fingerprint density at radius 1 is 1.11 bits per heavy atom. The number of aromatic nitrogens is 2. The Bertz CT molecular complexity index is 1150. The molecule has 0 atom stereocenters. The number of hydrogen-bond donors (Lipinski definition) is 1. The van der Waals surface area contributed by atoms with E-state index in [1.165, 1.54) is 0 Å². The number of pyridine rings is 1. The van der Waals surface area contributed by atoms with Gasteiger partial charge >= 0.3 is 0 Å². The molecule has 2 aromatic carbocycles. The van der Waals surface area contributed by atoms with E-state index < -0.39 is 0 Å². The van der Waals surface area contributed by atoms with Crippen molar-refractivity contribution >= 4 is 44.9 Å². The second-order valence-corrected chi connectivity index (χ2v) is 7.56. The SMILES string of the molecule is Cc1ccn2c(NC(=O)c3ccc(Br)cc3)c(-c3cccc(Cl)c3)nc2c1. The third-order valence-electron chi connectivity index (χ3n) is 4.22. The molecule has 2 aromatic heterocycles. The highest BCUT2D eigenvalue weighted by Gasteiger charge is 2.17. The van der Waals surface area contributed by atoms with Crippen LogP contribution in [0.4, 0.5) is 5.82 Å². The zero-order valence-electron chi connectivity index (χ0n) is 14.4. The highest BCUT2D eigenvalue weighted by atomic mass is 79.9. The first-order valence-corrected chi connectivity index (χ1v) is 9.50. The third kappa shape index (κ3) is 3.61. The molecule has 0 radical (unpaired) electrons. The Hall–Kier alpha value is -2.63. The van der Waals surface area contributed by atoms with Gasteiger partial charge in [-0.05, 0) is 61.0 Å². The summed E-state index contributed by atoms with van der Waals surface area (Å²) < 4.78 is 2.80. The molecule has 27 heavy (non-hydrogen) atoms. The highest BCUT2D eigenvalue weighted by molar-refractivity contribution is 9.10. The van der Waals surface area contributed by atoms with Crippen LogP contribution in [0.5, 0.6) is 0 Å². The molecule has 0 spiro atoms. The van der Waals surface area contributed by atoms with Gasteiger partial charge in [0.25, 0.3) is 5.91 Å². The van der Waals surface area contributed by atoms with Crippen LogP contribution in [-0.2, 0) is 0 Å². The van der Waals surface area contributed by atoms with Crippen LogP contribution in [0.25, 0.3) is 16.9 Å². The predicted molar refractivity (Wildman–Crippen MR) is 112 cm³/mol. The molecule has 0 unspecified atom stereocenters. The van der Waals surface area contributed by atoms with Crippen LogP contribution in [-0.4, -0.2) is 15.3 Å². The van der Waals surface area contributed by atoms with Gasteiger partial charge in [-0.2, -0.15) is 0 Å². The average Bonchev–Trinajstić information content (AvgIpc) is 2.99.